The van der Waals surface area contributed by atoms with Crippen molar-refractivity contribution < 1.29 is 4.74 Å². The van der Waals surface area contributed by atoms with Gasteiger partial charge in [-0.15, -0.1) is 6.42 Å². The van der Waals surface area contributed by atoms with Crippen LogP contribution in [0.5, 0.6) is 5.75 Å². The van der Waals surface area contributed by atoms with Gasteiger partial charge >= 0.3 is 0 Å². The fourth-order valence-electron chi connectivity index (χ4n) is 1.26. The van der Waals surface area contributed by atoms with E-state index in [4.69, 9.17) is 16.9 Å². The molecule has 0 spiro atoms. The Bertz CT molecular complexity index is 350. The number of aryl methyl sites for hydroxylation is 1. The van der Waals surface area contributed by atoms with Gasteiger partial charge in [-0.3, -0.25) is 0 Å². The molecule has 1 aromatic rings. The Morgan fingerprint density at radius 1 is 1.57 bits per heavy atom. The molecule has 0 fully saturated rings. The first kappa shape index (κ1) is 10.6. The average Bonchev–Trinajstić information content (AvgIpc) is 2.14. The summed E-state index contributed by atoms with van der Waals surface area (Å²) in [5.41, 5.74) is 7.94. The summed E-state index contributed by atoms with van der Waals surface area (Å²) in [6, 6.07) is 5.91. The highest BCUT2D eigenvalue weighted by Crippen LogP contribution is 2.24. The van der Waals surface area contributed by atoms with Gasteiger partial charge in [-0.2, -0.15) is 0 Å². The monoisotopic (exact) mass is 189 g/mol. The molecule has 0 saturated carbocycles. The molecule has 0 aliphatic heterocycles. The Morgan fingerprint density at radius 3 is 2.86 bits per heavy atom. The Morgan fingerprint density at radius 2 is 2.29 bits per heavy atom. The van der Waals surface area contributed by atoms with Crippen molar-refractivity contribution in [3.05, 3.63) is 29.3 Å². The molecule has 0 unspecified atom stereocenters. The fraction of sp³-hybridized carbons (Fsp3) is 0.333. The molecule has 0 heterocycles. The lowest BCUT2D eigenvalue weighted by atomic mass is 10.1. The molecule has 1 atom stereocenters. The molecular formula is C12H15NO. The maximum atomic E-state index is 5.80. The van der Waals surface area contributed by atoms with Crippen LogP contribution in [0.2, 0.25) is 0 Å². The molecule has 0 saturated heterocycles. The first-order valence-corrected chi connectivity index (χ1v) is 4.57. The zero-order valence-corrected chi connectivity index (χ0v) is 8.58. The van der Waals surface area contributed by atoms with Gasteiger partial charge in [0, 0.05) is 11.6 Å². The number of terminal acetylenes is 1. The zero-order chi connectivity index (χ0) is 10.6. The molecule has 1 rings (SSSR count). The van der Waals surface area contributed by atoms with Crippen molar-refractivity contribution in [3.63, 3.8) is 0 Å². The molecule has 0 radical (unpaired) electrons. The molecule has 0 aliphatic rings. The van der Waals surface area contributed by atoms with Crippen LogP contribution in [0, 0.1) is 19.3 Å². The van der Waals surface area contributed by atoms with Gasteiger partial charge in [0.05, 0.1) is 0 Å². The first-order chi connectivity index (χ1) is 6.65. The quantitative estimate of drug-likeness (QED) is 0.738. The SMILES string of the molecule is C#CCOc1cc(C)ccc1[C@@H](C)N. The molecule has 74 valence electrons. The highest BCUT2D eigenvalue weighted by Gasteiger charge is 2.07. The summed E-state index contributed by atoms with van der Waals surface area (Å²) < 4.78 is 5.41. The molecule has 1 aromatic carbocycles. The van der Waals surface area contributed by atoms with Crippen molar-refractivity contribution in [2.24, 2.45) is 5.73 Å². The van der Waals surface area contributed by atoms with Gasteiger partial charge in [0.1, 0.15) is 12.4 Å². The van der Waals surface area contributed by atoms with Gasteiger partial charge in [-0.05, 0) is 25.5 Å². The molecule has 2 nitrogen and oxygen atoms in total. The Balaban J connectivity index is 2.98. The Kier molecular flexibility index (Phi) is 3.55. The minimum absolute atomic E-state index is 0.0385. The van der Waals surface area contributed by atoms with E-state index in [2.05, 4.69) is 5.92 Å². The number of ether oxygens (including phenoxy) is 1. The van der Waals surface area contributed by atoms with Crippen molar-refractivity contribution >= 4 is 0 Å². The van der Waals surface area contributed by atoms with E-state index in [0.717, 1.165) is 16.9 Å². The highest BCUT2D eigenvalue weighted by atomic mass is 16.5. The lowest BCUT2D eigenvalue weighted by molar-refractivity contribution is 0.364. The summed E-state index contributed by atoms with van der Waals surface area (Å²) in [5, 5.41) is 0. The van der Waals surface area contributed by atoms with Crippen molar-refractivity contribution in [2.75, 3.05) is 6.61 Å². The lowest BCUT2D eigenvalue weighted by Gasteiger charge is -2.13. The van der Waals surface area contributed by atoms with E-state index in [9.17, 15) is 0 Å². The molecular weight excluding hydrogens is 174 g/mol. The maximum Gasteiger partial charge on any atom is 0.148 e. The van der Waals surface area contributed by atoms with Crippen molar-refractivity contribution in [2.45, 2.75) is 19.9 Å². The third-order valence-electron chi connectivity index (χ3n) is 1.97. The summed E-state index contributed by atoms with van der Waals surface area (Å²) >= 11 is 0. The second-order valence-electron chi connectivity index (χ2n) is 3.32. The topological polar surface area (TPSA) is 35.2 Å². The van der Waals surface area contributed by atoms with Gasteiger partial charge in [0.25, 0.3) is 0 Å². The van der Waals surface area contributed by atoms with Crippen molar-refractivity contribution in [1.29, 1.82) is 0 Å². The summed E-state index contributed by atoms with van der Waals surface area (Å²) in [5.74, 6) is 3.23. The van der Waals surface area contributed by atoms with E-state index in [1.165, 1.54) is 0 Å². The standard InChI is InChI=1S/C12H15NO/c1-4-7-14-12-8-9(2)5-6-11(12)10(3)13/h1,5-6,8,10H,7,13H2,2-3H3/t10-/m1/s1. The van der Waals surface area contributed by atoms with Crippen LogP contribution in [0.25, 0.3) is 0 Å². The molecule has 0 bridgehead atoms. The van der Waals surface area contributed by atoms with Gasteiger partial charge in [0.2, 0.25) is 0 Å². The lowest BCUT2D eigenvalue weighted by Crippen LogP contribution is -2.08. The van der Waals surface area contributed by atoms with Gasteiger partial charge in [-0.25, -0.2) is 0 Å². The summed E-state index contributed by atoms with van der Waals surface area (Å²) in [6.45, 7) is 4.21. The van der Waals surface area contributed by atoms with Crippen LogP contribution in [0.15, 0.2) is 18.2 Å². The number of hydrogen-bond donors (Lipinski definition) is 1. The van der Waals surface area contributed by atoms with Crippen LogP contribution in [0.4, 0.5) is 0 Å². The predicted molar refractivity (Wildman–Crippen MR) is 58.1 cm³/mol. The number of hydrogen-bond acceptors (Lipinski definition) is 2. The van der Waals surface area contributed by atoms with E-state index in [-0.39, 0.29) is 12.6 Å². The molecule has 14 heavy (non-hydrogen) atoms. The maximum absolute atomic E-state index is 5.80. The second-order valence-corrected chi connectivity index (χ2v) is 3.32. The molecule has 0 amide bonds. The third-order valence-corrected chi connectivity index (χ3v) is 1.97. The normalized spacial score (nSPS) is 11.9. The van der Waals surface area contributed by atoms with E-state index in [1.807, 2.05) is 32.0 Å². The van der Waals surface area contributed by atoms with Crippen LogP contribution < -0.4 is 10.5 Å². The van der Waals surface area contributed by atoms with E-state index in [0.29, 0.717) is 0 Å². The van der Waals surface area contributed by atoms with E-state index < -0.39 is 0 Å². The number of benzene rings is 1. The number of nitrogens with two attached hydrogens (primary N) is 1. The first-order valence-electron chi connectivity index (χ1n) is 4.57. The van der Waals surface area contributed by atoms with Crippen LogP contribution >= 0.6 is 0 Å². The highest BCUT2D eigenvalue weighted by molar-refractivity contribution is 5.39. The average molecular weight is 189 g/mol. The minimum atomic E-state index is -0.0385. The van der Waals surface area contributed by atoms with Gasteiger partial charge < -0.3 is 10.5 Å². The number of rotatable bonds is 3. The van der Waals surface area contributed by atoms with Crippen molar-refractivity contribution in [3.8, 4) is 18.1 Å². The summed E-state index contributed by atoms with van der Waals surface area (Å²) in [7, 11) is 0. The predicted octanol–water partition coefficient (Wildman–Crippen LogP) is 2.03. The van der Waals surface area contributed by atoms with E-state index in [1.54, 1.807) is 0 Å². The van der Waals surface area contributed by atoms with Crippen LogP contribution in [-0.2, 0) is 0 Å². The zero-order valence-electron chi connectivity index (χ0n) is 8.58. The minimum Gasteiger partial charge on any atom is -0.481 e. The summed E-state index contributed by atoms with van der Waals surface area (Å²) in [4.78, 5) is 0. The molecule has 2 N–H and O–H groups in total. The largest absolute Gasteiger partial charge is 0.481 e. The Labute approximate surface area is 85.1 Å². The third kappa shape index (κ3) is 2.51. The van der Waals surface area contributed by atoms with Crippen LogP contribution in [0.3, 0.4) is 0 Å². The fourth-order valence-corrected chi connectivity index (χ4v) is 1.26. The van der Waals surface area contributed by atoms with E-state index >= 15 is 0 Å². The van der Waals surface area contributed by atoms with Crippen molar-refractivity contribution in [1.82, 2.24) is 0 Å². The van der Waals surface area contributed by atoms with Gasteiger partial charge in [0.15, 0.2) is 0 Å². The molecule has 0 aliphatic carbocycles. The Hall–Kier alpha value is -1.46. The van der Waals surface area contributed by atoms with Crippen LogP contribution in [0.1, 0.15) is 24.1 Å². The molecule has 2 heteroatoms. The smallest absolute Gasteiger partial charge is 0.148 e. The van der Waals surface area contributed by atoms with Crippen LogP contribution in [-0.4, -0.2) is 6.61 Å². The van der Waals surface area contributed by atoms with Gasteiger partial charge in [-0.1, -0.05) is 18.1 Å². The molecule has 0 aromatic heterocycles. The second kappa shape index (κ2) is 4.69. The summed E-state index contributed by atoms with van der Waals surface area (Å²) in [6.07, 6.45) is 5.13.